The van der Waals surface area contributed by atoms with Crippen LogP contribution in [0.4, 0.5) is 13.2 Å². The number of halogens is 3. The molecule has 0 aliphatic heterocycles. The van der Waals surface area contributed by atoms with Gasteiger partial charge in [0.05, 0.1) is 0 Å². The molecule has 3 rings (SSSR count). The molecule has 0 nitrogen and oxygen atoms in total. The molecule has 0 aliphatic rings. The molecule has 0 heterocycles. The third-order valence-corrected chi connectivity index (χ3v) is 5.41. The van der Waals surface area contributed by atoms with Gasteiger partial charge in [0.2, 0.25) is 4.90 Å². The number of rotatable bonds is 3. The van der Waals surface area contributed by atoms with Crippen LogP contribution >= 0.6 is 0 Å². The summed E-state index contributed by atoms with van der Waals surface area (Å²) < 4.78 is 40.6. The first-order valence-corrected chi connectivity index (χ1v) is 7.87. The highest BCUT2D eigenvalue weighted by atomic mass is 32.2. The topological polar surface area (TPSA) is 0 Å². The van der Waals surface area contributed by atoms with Gasteiger partial charge in [-0.25, -0.2) is 13.2 Å². The van der Waals surface area contributed by atoms with Crippen molar-refractivity contribution in [2.45, 2.75) is 14.7 Å². The Labute approximate surface area is 129 Å². The van der Waals surface area contributed by atoms with Gasteiger partial charge < -0.3 is 0 Å². The zero-order chi connectivity index (χ0) is 15.5. The Balaban J connectivity index is 2.16. The van der Waals surface area contributed by atoms with Crippen LogP contribution in [0.15, 0.2) is 87.5 Å². The lowest BCUT2D eigenvalue weighted by Gasteiger charge is -2.08. The molecule has 0 unspecified atom stereocenters. The van der Waals surface area contributed by atoms with Gasteiger partial charge >= 0.3 is 0 Å². The van der Waals surface area contributed by atoms with Crippen molar-refractivity contribution in [1.82, 2.24) is 0 Å². The molecule has 0 aliphatic carbocycles. The fourth-order valence-corrected chi connectivity index (χ4v) is 4.22. The maximum absolute atomic E-state index is 14.2. The quantitative estimate of drug-likeness (QED) is 0.583. The van der Waals surface area contributed by atoms with Crippen LogP contribution in [0, 0.1) is 17.5 Å². The van der Waals surface area contributed by atoms with Crippen molar-refractivity contribution >= 4 is 10.9 Å². The van der Waals surface area contributed by atoms with E-state index in [0.29, 0.717) is 4.90 Å². The second-order valence-corrected chi connectivity index (χ2v) is 6.64. The van der Waals surface area contributed by atoms with Crippen LogP contribution in [-0.4, -0.2) is 0 Å². The normalized spacial score (nSPS) is 10.9. The molecule has 3 aromatic rings. The van der Waals surface area contributed by atoms with Gasteiger partial charge in [-0.2, -0.15) is 0 Å². The van der Waals surface area contributed by atoms with E-state index in [1.807, 2.05) is 0 Å². The van der Waals surface area contributed by atoms with Crippen LogP contribution in [0.3, 0.4) is 0 Å². The minimum atomic E-state index is -0.751. The molecule has 0 atom stereocenters. The Kier molecular flexibility index (Phi) is 4.20. The Morgan fingerprint density at radius 3 is 1.45 bits per heavy atom. The maximum atomic E-state index is 14.2. The van der Waals surface area contributed by atoms with Gasteiger partial charge in [-0.3, -0.25) is 0 Å². The molecule has 0 aromatic heterocycles. The number of benzene rings is 3. The van der Waals surface area contributed by atoms with E-state index >= 15 is 0 Å². The monoisotopic (exact) mass is 317 g/mol. The molecule has 0 amide bonds. The van der Waals surface area contributed by atoms with Crippen LogP contribution in [-0.2, 0) is 10.9 Å². The Bertz CT molecular complexity index is 722. The lowest BCUT2D eigenvalue weighted by Crippen LogP contribution is -2.07. The zero-order valence-corrected chi connectivity index (χ0v) is 12.3. The largest absolute Gasteiger partial charge is 0.207 e. The van der Waals surface area contributed by atoms with Crippen LogP contribution in [0.5, 0.6) is 0 Å². The summed E-state index contributed by atoms with van der Waals surface area (Å²) in [4.78, 5) is 2.05. The lowest BCUT2D eigenvalue weighted by atomic mass is 10.3. The Morgan fingerprint density at radius 1 is 0.545 bits per heavy atom. The maximum Gasteiger partial charge on any atom is 0.202 e. The Morgan fingerprint density at radius 2 is 1.00 bits per heavy atom. The molecule has 0 spiro atoms. The zero-order valence-electron chi connectivity index (χ0n) is 11.5. The van der Waals surface area contributed by atoms with Crippen molar-refractivity contribution in [1.29, 1.82) is 0 Å². The van der Waals surface area contributed by atoms with E-state index in [4.69, 9.17) is 0 Å². The van der Waals surface area contributed by atoms with Gasteiger partial charge in [0, 0.05) is 0 Å². The lowest BCUT2D eigenvalue weighted by molar-refractivity contribution is 0.600. The van der Waals surface area contributed by atoms with Gasteiger partial charge in [0.15, 0.2) is 15.6 Å². The van der Waals surface area contributed by atoms with Crippen LogP contribution < -0.4 is 0 Å². The third kappa shape index (κ3) is 3.02. The van der Waals surface area contributed by atoms with Crippen molar-refractivity contribution < 1.29 is 13.2 Å². The average molecular weight is 317 g/mol. The van der Waals surface area contributed by atoms with Crippen LogP contribution in [0.2, 0.25) is 0 Å². The first-order chi connectivity index (χ1) is 10.6. The summed E-state index contributed by atoms with van der Waals surface area (Å²) in [5.41, 5.74) is 0. The third-order valence-electron chi connectivity index (χ3n) is 3.16. The van der Waals surface area contributed by atoms with Crippen molar-refractivity contribution in [2.24, 2.45) is 0 Å². The summed E-state index contributed by atoms with van der Waals surface area (Å²) >= 11 is 0. The minimum absolute atomic E-state index is 0.334. The van der Waals surface area contributed by atoms with Crippen molar-refractivity contribution in [3.8, 4) is 0 Å². The highest BCUT2D eigenvalue weighted by molar-refractivity contribution is 7.97. The van der Waals surface area contributed by atoms with Gasteiger partial charge in [-0.1, -0.05) is 12.1 Å². The highest BCUT2D eigenvalue weighted by Gasteiger charge is 2.31. The Hall–Kier alpha value is -2.20. The fourth-order valence-electron chi connectivity index (χ4n) is 2.14. The van der Waals surface area contributed by atoms with E-state index in [0.717, 1.165) is 9.79 Å². The molecule has 110 valence electrons. The van der Waals surface area contributed by atoms with E-state index in [-0.39, 0.29) is 17.5 Å². The van der Waals surface area contributed by atoms with E-state index < -0.39 is 10.9 Å². The average Bonchev–Trinajstić information content (AvgIpc) is 2.53. The molecule has 0 saturated carbocycles. The van der Waals surface area contributed by atoms with Crippen LogP contribution in [0.1, 0.15) is 0 Å². The van der Waals surface area contributed by atoms with Gasteiger partial charge in [-0.05, 0) is 60.7 Å². The van der Waals surface area contributed by atoms with E-state index in [2.05, 4.69) is 0 Å². The molecule has 0 bridgehead atoms. The number of hydrogen-bond donors (Lipinski definition) is 0. The molecular weight excluding hydrogens is 305 g/mol. The first-order valence-electron chi connectivity index (χ1n) is 6.65. The molecule has 0 radical (unpaired) electrons. The molecule has 22 heavy (non-hydrogen) atoms. The summed E-state index contributed by atoms with van der Waals surface area (Å²) in [6.45, 7) is 0. The van der Waals surface area contributed by atoms with E-state index in [1.165, 1.54) is 30.3 Å². The van der Waals surface area contributed by atoms with Crippen molar-refractivity contribution in [3.05, 3.63) is 90.2 Å². The first kappa shape index (κ1) is 14.7. The summed E-state index contributed by atoms with van der Waals surface area (Å²) in [6.07, 6.45) is 0. The summed E-state index contributed by atoms with van der Waals surface area (Å²) in [5, 5.41) is 0. The second-order valence-electron chi connectivity index (χ2n) is 4.64. The predicted molar refractivity (Wildman–Crippen MR) is 81.4 cm³/mol. The van der Waals surface area contributed by atoms with E-state index in [9.17, 15) is 13.2 Å². The van der Waals surface area contributed by atoms with Crippen molar-refractivity contribution in [3.63, 3.8) is 0 Å². The molecule has 0 saturated heterocycles. The number of hydrogen-bond acceptors (Lipinski definition) is 0. The minimum Gasteiger partial charge on any atom is -0.207 e. The van der Waals surface area contributed by atoms with Gasteiger partial charge in [0.1, 0.15) is 22.5 Å². The molecular formula is C18H12F3S+. The molecule has 0 N–H and O–H groups in total. The molecule has 4 heteroatoms. The van der Waals surface area contributed by atoms with Gasteiger partial charge in [0.25, 0.3) is 0 Å². The molecule has 3 aromatic carbocycles. The van der Waals surface area contributed by atoms with Crippen LogP contribution in [0.25, 0.3) is 0 Å². The molecule has 0 fully saturated rings. The summed E-state index contributed by atoms with van der Waals surface area (Å²) in [5.74, 6) is -1.03. The SMILES string of the molecule is Fc1ccc([S+](c2ccc(F)cc2)c2ccccc2F)cc1. The fraction of sp³-hybridized carbons (Fsp3) is 0. The van der Waals surface area contributed by atoms with E-state index in [1.54, 1.807) is 42.5 Å². The van der Waals surface area contributed by atoms with Gasteiger partial charge in [-0.15, -0.1) is 0 Å². The standard InChI is InChI=1S/C18H12F3S/c19-13-5-9-15(10-6-13)22(16-11-7-14(20)8-12-16)18-4-2-1-3-17(18)21/h1-12H/q+1. The smallest absolute Gasteiger partial charge is 0.202 e. The predicted octanol–water partition coefficient (Wildman–Crippen LogP) is 5.20. The summed E-state index contributed by atoms with van der Waals surface area (Å²) in [6, 6.07) is 18.4. The summed E-state index contributed by atoms with van der Waals surface area (Å²) in [7, 11) is -0.751. The van der Waals surface area contributed by atoms with Crippen molar-refractivity contribution in [2.75, 3.05) is 0 Å². The second kappa shape index (κ2) is 6.28. The highest BCUT2D eigenvalue weighted by Crippen LogP contribution is 2.32.